The van der Waals surface area contributed by atoms with E-state index in [1.807, 2.05) is 12.1 Å². The van der Waals surface area contributed by atoms with Gasteiger partial charge in [0, 0.05) is 16.9 Å². The number of methoxy groups -OCH3 is 1. The lowest BCUT2D eigenvalue weighted by Gasteiger charge is -2.34. The van der Waals surface area contributed by atoms with E-state index in [1.165, 1.54) is 17.7 Å². The molecule has 0 spiro atoms. The van der Waals surface area contributed by atoms with Gasteiger partial charge in [-0.1, -0.05) is 24.3 Å². The van der Waals surface area contributed by atoms with Crippen LogP contribution in [0.5, 0.6) is 0 Å². The molecule has 24 heavy (non-hydrogen) atoms. The fourth-order valence-corrected chi connectivity index (χ4v) is 3.25. The maximum atomic E-state index is 12.0. The molecule has 0 bridgehead atoms. The number of piperazine rings is 1. The number of hydrogen-bond donors (Lipinski definition) is 2. The predicted octanol–water partition coefficient (Wildman–Crippen LogP) is 0.961. The van der Waals surface area contributed by atoms with Gasteiger partial charge in [0.25, 0.3) is 0 Å². The van der Waals surface area contributed by atoms with Crippen molar-refractivity contribution in [3.63, 3.8) is 0 Å². The molecule has 126 valence electrons. The molecule has 1 fully saturated rings. The summed E-state index contributed by atoms with van der Waals surface area (Å²) in [6.07, 6.45) is 0. The van der Waals surface area contributed by atoms with Crippen molar-refractivity contribution in [3.8, 4) is 0 Å². The first-order chi connectivity index (χ1) is 11.7. The summed E-state index contributed by atoms with van der Waals surface area (Å²) in [5, 5.41) is 0. The monoisotopic (exact) mass is 326 g/mol. The van der Waals surface area contributed by atoms with Crippen molar-refractivity contribution in [1.82, 2.24) is 0 Å². The third-order valence-corrected chi connectivity index (χ3v) is 4.64. The van der Waals surface area contributed by atoms with Crippen LogP contribution in [0.15, 0.2) is 48.5 Å². The van der Waals surface area contributed by atoms with Gasteiger partial charge in [-0.2, -0.15) is 0 Å². The van der Waals surface area contributed by atoms with Crippen molar-refractivity contribution in [2.75, 3.05) is 43.9 Å². The highest BCUT2D eigenvalue weighted by Gasteiger charge is 2.23. The quantitative estimate of drug-likeness (QED) is 0.649. The van der Waals surface area contributed by atoms with Crippen LogP contribution in [0.2, 0.25) is 0 Å². The number of esters is 1. The number of para-hydroxylation sites is 1. The van der Waals surface area contributed by atoms with Crippen LogP contribution in [0, 0.1) is 0 Å². The van der Waals surface area contributed by atoms with Crippen LogP contribution in [-0.2, 0) is 11.3 Å². The van der Waals surface area contributed by atoms with E-state index >= 15 is 0 Å². The summed E-state index contributed by atoms with van der Waals surface area (Å²) in [5.74, 6) is -0.320. The summed E-state index contributed by atoms with van der Waals surface area (Å²) < 4.78 is 4.88. The summed E-state index contributed by atoms with van der Waals surface area (Å²) in [4.78, 5) is 15.8. The average Bonchev–Trinajstić information content (AvgIpc) is 2.64. The maximum Gasteiger partial charge on any atom is 0.338 e. The molecule has 1 aliphatic heterocycles. The molecular formula is C19H24N3O2+. The van der Waals surface area contributed by atoms with Crippen molar-refractivity contribution in [3.05, 3.63) is 59.7 Å². The first kappa shape index (κ1) is 16.3. The van der Waals surface area contributed by atoms with E-state index in [0.29, 0.717) is 11.3 Å². The first-order valence-electron chi connectivity index (χ1n) is 8.28. The lowest BCUT2D eigenvalue weighted by Crippen LogP contribution is -3.13. The molecular weight excluding hydrogens is 302 g/mol. The van der Waals surface area contributed by atoms with Crippen molar-refractivity contribution in [2.24, 2.45) is 0 Å². The van der Waals surface area contributed by atoms with Gasteiger partial charge in [-0.05, 0) is 24.3 Å². The molecule has 3 rings (SSSR count). The molecule has 0 atom stereocenters. The third-order valence-electron chi connectivity index (χ3n) is 4.64. The van der Waals surface area contributed by atoms with Crippen LogP contribution in [-0.4, -0.2) is 39.3 Å². The van der Waals surface area contributed by atoms with Crippen molar-refractivity contribution in [1.29, 1.82) is 0 Å². The van der Waals surface area contributed by atoms with Crippen LogP contribution >= 0.6 is 0 Å². The van der Waals surface area contributed by atoms with Crippen LogP contribution < -0.4 is 15.5 Å². The number of ether oxygens (including phenoxy) is 1. The Balaban J connectivity index is 1.68. The van der Waals surface area contributed by atoms with Crippen LogP contribution in [0.4, 0.5) is 11.4 Å². The summed E-state index contributed by atoms with van der Waals surface area (Å²) in [7, 11) is 1.40. The number of benzene rings is 2. The van der Waals surface area contributed by atoms with Crippen LogP contribution in [0.3, 0.4) is 0 Å². The zero-order chi connectivity index (χ0) is 16.9. The molecule has 5 heteroatoms. The average molecular weight is 326 g/mol. The summed E-state index contributed by atoms with van der Waals surface area (Å²) in [5.41, 5.74) is 9.53. The van der Waals surface area contributed by atoms with Gasteiger partial charge in [-0.25, -0.2) is 4.79 Å². The number of nitrogens with one attached hydrogen (secondary N) is 1. The Bertz CT molecular complexity index is 695. The largest absolute Gasteiger partial charge is 0.465 e. The van der Waals surface area contributed by atoms with Crippen LogP contribution in [0.1, 0.15) is 15.9 Å². The molecule has 1 saturated heterocycles. The second-order valence-corrected chi connectivity index (χ2v) is 6.11. The molecule has 2 aromatic rings. The van der Waals surface area contributed by atoms with Gasteiger partial charge < -0.3 is 20.3 Å². The molecule has 3 N–H and O–H groups in total. The molecule has 1 heterocycles. The molecule has 5 nitrogen and oxygen atoms in total. The summed E-state index contributed by atoms with van der Waals surface area (Å²) in [6.45, 7) is 4.78. The van der Waals surface area contributed by atoms with E-state index < -0.39 is 0 Å². The minimum atomic E-state index is -0.320. The smallest absolute Gasteiger partial charge is 0.338 e. The van der Waals surface area contributed by atoms with E-state index in [9.17, 15) is 4.79 Å². The zero-order valence-corrected chi connectivity index (χ0v) is 14.0. The minimum Gasteiger partial charge on any atom is -0.465 e. The Morgan fingerprint density at radius 1 is 1.12 bits per heavy atom. The lowest BCUT2D eigenvalue weighted by atomic mass is 10.0. The Morgan fingerprint density at radius 3 is 2.50 bits per heavy atom. The number of nitrogens with two attached hydrogens (primary N) is 1. The SMILES string of the molecule is COC(=O)c1cccc(N)c1C[NH+]1CCN(c2ccccc2)CC1. The van der Waals surface area contributed by atoms with E-state index in [1.54, 1.807) is 12.1 Å². The normalized spacial score (nSPS) is 15.3. The van der Waals surface area contributed by atoms with Gasteiger partial charge in [0.05, 0.1) is 38.9 Å². The highest BCUT2D eigenvalue weighted by molar-refractivity contribution is 5.92. The molecule has 0 aliphatic carbocycles. The number of nitrogens with zero attached hydrogens (tertiary/aromatic N) is 1. The van der Waals surface area contributed by atoms with E-state index in [-0.39, 0.29) is 5.97 Å². The zero-order valence-electron chi connectivity index (χ0n) is 14.0. The molecule has 1 aliphatic rings. The van der Waals surface area contributed by atoms with E-state index in [2.05, 4.69) is 29.2 Å². The van der Waals surface area contributed by atoms with Gasteiger partial charge in [-0.3, -0.25) is 0 Å². The molecule has 0 aromatic heterocycles. The van der Waals surface area contributed by atoms with Crippen LogP contribution in [0.25, 0.3) is 0 Å². The fourth-order valence-electron chi connectivity index (χ4n) is 3.25. The lowest BCUT2D eigenvalue weighted by molar-refractivity contribution is -0.914. The number of carbonyl (C=O) groups is 1. The van der Waals surface area contributed by atoms with Gasteiger partial charge in [0.15, 0.2) is 0 Å². The number of anilines is 2. The molecule has 2 aromatic carbocycles. The number of hydrogen-bond acceptors (Lipinski definition) is 4. The van der Waals surface area contributed by atoms with Crippen molar-refractivity contribution in [2.45, 2.75) is 6.54 Å². The van der Waals surface area contributed by atoms with E-state index in [4.69, 9.17) is 10.5 Å². The number of carbonyl (C=O) groups excluding carboxylic acids is 1. The molecule has 0 amide bonds. The maximum absolute atomic E-state index is 12.0. The predicted molar refractivity (Wildman–Crippen MR) is 95.2 cm³/mol. The molecule has 0 radical (unpaired) electrons. The molecule has 0 unspecified atom stereocenters. The van der Waals surface area contributed by atoms with Gasteiger partial charge in [0.1, 0.15) is 6.54 Å². The summed E-state index contributed by atoms with van der Waals surface area (Å²) >= 11 is 0. The van der Waals surface area contributed by atoms with E-state index in [0.717, 1.165) is 38.3 Å². The highest BCUT2D eigenvalue weighted by atomic mass is 16.5. The Labute approximate surface area is 142 Å². The molecule has 0 saturated carbocycles. The topological polar surface area (TPSA) is 60.0 Å². The van der Waals surface area contributed by atoms with Crippen molar-refractivity contribution >= 4 is 17.3 Å². The number of quaternary nitrogens is 1. The Morgan fingerprint density at radius 2 is 1.83 bits per heavy atom. The second-order valence-electron chi connectivity index (χ2n) is 6.11. The first-order valence-corrected chi connectivity index (χ1v) is 8.28. The Kier molecular flexibility index (Phi) is 5.01. The summed E-state index contributed by atoms with van der Waals surface area (Å²) in [6, 6.07) is 15.9. The number of nitrogen functional groups attached to an aromatic ring is 1. The van der Waals surface area contributed by atoms with Gasteiger partial charge >= 0.3 is 5.97 Å². The number of rotatable bonds is 4. The Hall–Kier alpha value is -2.53. The van der Waals surface area contributed by atoms with Crippen molar-refractivity contribution < 1.29 is 14.4 Å². The minimum absolute atomic E-state index is 0.320. The third kappa shape index (κ3) is 3.51. The standard InChI is InChI=1S/C19H23N3O2/c1-24-19(23)16-8-5-9-18(20)17(16)14-21-10-12-22(13-11-21)15-6-3-2-4-7-15/h2-9H,10-14,20H2,1H3/p+1. The fraction of sp³-hybridized carbons (Fsp3) is 0.316. The van der Waals surface area contributed by atoms with Gasteiger partial charge in [0.2, 0.25) is 0 Å². The second kappa shape index (κ2) is 7.36. The van der Waals surface area contributed by atoms with Gasteiger partial charge in [-0.15, -0.1) is 0 Å². The highest BCUT2D eigenvalue weighted by Crippen LogP contribution is 2.17.